The molecule has 36 heavy (non-hydrogen) atoms. The Hall–Kier alpha value is -4.50. The normalized spacial score (nSPS) is 14.4. The third kappa shape index (κ3) is 4.20. The predicted molar refractivity (Wildman–Crippen MR) is 135 cm³/mol. The van der Waals surface area contributed by atoms with E-state index in [0.29, 0.717) is 16.8 Å². The van der Waals surface area contributed by atoms with Gasteiger partial charge in [-0.2, -0.15) is 5.01 Å². The van der Waals surface area contributed by atoms with Crippen molar-refractivity contribution in [3.05, 3.63) is 107 Å². The van der Waals surface area contributed by atoms with Crippen LogP contribution in [0.25, 0.3) is 10.6 Å². The number of benzene rings is 3. The lowest BCUT2D eigenvalue weighted by molar-refractivity contribution is -0.138. The molecule has 9 heteroatoms. The number of thiazole rings is 1. The summed E-state index contributed by atoms with van der Waals surface area (Å²) in [5, 5.41) is 6.09. The van der Waals surface area contributed by atoms with Crippen molar-refractivity contribution in [1.82, 2.24) is 20.7 Å². The minimum Gasteiger partial charge on any atom is -0.497 e. The Morgan fingerprint density at radius 2 is 1.58 bits per heavy atom. The number of urea groups is 1. The molecule has 0 atom stereocenters. The molecule has 180 valence electrons. The van der Waals surface area contributed by atoms with Crippen LogP contribution in [-0.4, -0.2) is 34.9 Å². The number of hydrazine groups is 1. The van der Waals surface area contributed by atoms with Gasteiger partial charge in [0.25, 0.3) is 5.91 Å². The van der Waals surface area contributed by atoms with E-state index in [1.165, 1.54) is 11.3 Å². The van der Waals surface area contributed by atoms with Crippen LogP contribution in [0.3, 0.4) is 0 Å². The van der Waals surface area contributed by atoms with E-state index in [0.717, 1.165) is 21.3 Å². The number of hydrogen-bond donors (Lipinski definition) is 2. The van der Waals surface area contributed by atoms with Crippen molar-refractivity contribution in [1.29, 1.82) is 0 Å². The Bertz CT molecular complexity index is 1370. The zero-order valence-electron chi connectivity index (χ0n) is 19.3. The van der Waals surface area contributed by atoms with Gasteiger partial charge < -0.3 is 10.1 Å². The highest BCUT2D eigenvalue weighted by Crippen LogP contribution is 2.35. The molecule has 5 rings (SSSR count). The molecule has 1 aliphatic rings. The van der Waals surface area contributed by atoms with Gasteiger partial charge in [-0.1, -0.05) is 60.7 Å². The third-order valence-corrected chi connectivity index (χ3v) is 6.84. The van der Waals surface area contributed by atoms with Crippen LogP contribution in [0.5, 0.6) is 5.75 Å². The summed E-state index contributed by atoms with van der Waals surface area (Å²) >= 11 is 1.40. The molecule has 1 aliphatic heterocycles. The molecule has 4 aromatic rings. The summed E-state index contributed by atoms with van der Waals surface area (Å²) in [6, 6.07) is 24.7. The Morgan fingerprint density at radius 3 is 2.17 bits per heavy atom. The summed E-state index contributed by atoms with van der Waals surface area (Å²) in [5.41, 5.74) is 3.64. The quantitative estimate of drug-likeness (QED) is 0.377. The van der Waals surface area contributed by atoms with Crippen LogP contribution in [0.2, 0.25) is 0 Å². The predicted octanol–water partition coefficient (Wildman–Crippen LogP) is 3.89. The van der Waals surface area contributed by atoms with Crippen LogP contribution < -0.4 is 15.5 Å². The summed E-state index contributed by atoms with van der Waals surface area (Å²) in [4.78, 5) is 44.0. The smallest absolute Gasteiger partial charge is 0.344 e. The summed E-state index contributed by atoms with van der Waals surface area (Å²) in [6.07, 6.45) is -0.0899. The molecule has 1 fully saturated rings. The number of amides is 4. The largest absolute Gasteiger partial charge is 0.497 e. The van der Waals surface area contributed by atoms with Gasteiger partial charge in [-0.3, -0.25) is 15.0 Å². The number of aromatic nitrogens is 1. The van der Waals surface area contributed by atoms with Crippen molar-refractivity contribution in [2.45, 2.75) is 12.0 Å². The fourth-order valence-electron chi connectivity index (χ4n) is 4.15. The molecule has 0 bridgehead atoms. The van der Waals surface area contributed by atoms with Crippen molar-refractivity contribution >= 4 is 29.2 Å². The number of nitrogens with zero attached hydrogens (tertiary/aromatic N) is 2. The van der Waals surface area contributed by atoms with E-state index < -0.39 is 23.4 Å². The van der Waals surface area contributed by atoms with Crippen LogP contribution in [0, 0.1) is 0 Å². The molecule has 0 saturated carbocycles. The Kier molecular flexibility index (Phi) is 6.22. The summed E-state index contributed by atoms with van der Waals surface area (Å²) in [6.45, 7) is 0. The van der Waals surface area contributed by atoms with E-state index in [1.807, 2.05) is 36.4 Å². The van der Waals surface area contributed by atoms with Crippen LogP contribution >= 0.6 is 11.3 Å². The number of methoxy groups -OCH3 is 1. The molecule has 0 radical (unpaired) electrons. The van der Waals surface area contributed by atoms with Crippen LogP contribution in [0.15, 0.2) is 90.3 Å². The molecular formula is C27H22N4O4S. The number of imide groups is 1. The lowest BCUT2D eigenvalue weighted by Crippen LogP contribution is -2.49. The number of carbonyl (C=O) groups excluding carboxylic acids is 3. The number of ether oxygens (including phenoxy) is 1. The molecule has 0 aliphatic carbocycles. The third-order valence-electron chi connectivity index (χ3n) is 5.90. The second kappa shape index (κ2) is 9.63. The molecule has 2 heterocycles. The average Bonchev–Trinajstić information content (AvgIpc) is 3.48. The Morgan fingerprint density at radius 1 is 0.972 bits per heavy atom. The fraction of sp³-hybridized carbons (Fsp3) is 0.111. The Balaban J connectivity index is 1.35. The van der Waals surface area contributed by atoms with Gasteiger partial charge in [-0.05, 0) is 35.4 Å². The molecule has 0 unspecified atom stereocenters. The lowest BCUT2D eigenvalue weighted by atomic mass is 9.83. The van der Waals surface area contributed by atoms with Crippen molar-refractivity contribution in [2.24, 2.45) is 0 Å². The van der Waals surface area contributed by atoms with Gasteiger partial charge in [-0.25, -0.2) is 9.78 Å². The summed E-state index contributed by atoms with van der Waals surface area (Å²) in [7, 11) is 1.60. The first-order chi connectivity index (χ1) is 17.5. The van der Waals surface area contributed by atoms with E-state index in [1.54, 1.807) is 61.0 Å². The SMILES string of the molecule is COc1ccc(-c2nc(CC(=O)NN3C(=O)NC(c4ccccc4)(c4ccccc4)C3=O)cs2)cc1. The van der Waals surface area contributed by atoms with E-state index in [9.17, 15) is 14.4 Å². The summed E-state index contributed by atoms with van der Waals surface area (Å²) < 4.78 is 5.18. The average molecular weight is 499 g/mol. The first-order valence-corrected chi connectivity index (χ1v) is 12.1. The van der Waals surface area contributed by atoms with Gasteiger partial charge in [0.15, 0.2) is 5.54 Å². The highest BCUT2D eigenvalue weighted by Gasteiger charge is 2.54. The maximum atomic E-state index is 13.7. The van der Waals surface area contributed by atoms with E-state index >= 15 is 0 Å². The minimum absolute atomic E-state index is 0.0899. The fourth-order valence-corrected chi connectivity index (χ4v) is 4.97. The first-order valence-electron chi connectivity index (χ1n) is 11.2. The van der Waals surface area contributed by atoms with Crippen molar-refractivity contribution < 1.29 is 19.1 Å². The van der Waals surface area contributed by atoms with E-state index in [4.69, 9.17) is 4.74 Å². The van der Waals surface area contributed by atoms with Gasteiger partial charge in [0, 0.05) is 10.9 Å². The monoisotopic (exact) mass is 498 g/mol. The van der Waals surface area contributed by atoms with Crippen molar-refractivity contribution in [2.75, 3.05) is 7.11 Å². The van der Waals surface area contributed by atoms with Gasteiger partial charge in [0.2, 0.25) is 5.91 Å². The molecule has 2 N–H and O–H groups in total. The van der Waals surface area contributed by atoms with Crippen LogP contribution in [-0.2, 0) is 21.5 Å². The van der Waals surface area contributed by atoms with Gasteiger partial charge in [0.05, 0.1) is 19.2 Å². The van der Waals surface area contributed by atoms with E-state index in [2.05, 4.69) is 15.7 Å². The Labute approximate surface area is 211 Å². The van der Waals surface area contributed by atoms with Gasteiger partial charge in [-0.15, -0.1) is 11.3 Å². The van der Waals surface area contributed by atoms with Crippen molar-refractivity contribution in [3.8, 4) is 16.3 Å². The zero-order chi connectivity index (χ0) is 25.1. The molecular weight excluding hydrogens is 476 g/mol. The van der Waals surface area contributed by atoms with Gasteiger partial charge >= 0.3 is 6.03 Å². The number of hydrogen-bond acceptors (Lipinski definition) is 6. The van der Waals surface area contributed by atoms with Crippen LogP contribution in [0.1, 0.15) is 16.8 Å². The highest BCUT2D eigenvalue weighted by molar-refractivity contribution is 7.13. The standard InChI is InChI=1S/C27H22N4O4S/c1-35-22-14-12-18(13-15-22)24-28-21(17-36-24)16-23(32)30-31-25(33)27(29-26(31)34,19-8-4-2-5-9-19)20-10-6-3-7-11-20/h2-15,17H,16H2,1H3,(H,29,34)(H,30,32). The second-order valence-electron chi connectivity index (χ2n) is 8.14. The topological polar surface area (TPSA) is 101 Å². The van der Waals surface area contributed by atoms with Crippen molar-refractivity contribution in [3.63, 3.8) is 0 Å². The van der Waals surface area contributed by atoms with Gasteiger partial charge in [0.1, 0.15) is 10.8 Å². The second-order valence-corrected chi connectivity index (χ2v) is 9.00. The molecule has 3 aromatic carbocycles. The maximum Gasteiger partial charge on any atom is 0.344 e. The first kappa shape index (κ1) is 23.3. The molecule has 1 aromatic heterocycles. The lowest BCUT2D eigenvalue weighted by Gasteiger charge is -2.27. The van der Waals surface area contributed by atoms with E-state index in [-0.39, 0.29) is 6.42 Å². The molecule has 0 spiro atoms. The zero-order valence-corrected chi connectivity index (χ0v) is 20.1. The summed E-state index contributed by atoms with van der Waals surface area (Å²) in [5.74, 6) is -0.372. The number of rotatable bonds is 7. The highest BCUT2D eigenvalue weighted by atomic mass is 32.1. The number of nitrogens with one attached hydrogen (secondary N) is 2. The van der Waals surface area contributed by atoms with Crippen LogP contribution in [0.4, 0.5) is 4.79 Å². The number of carbonyl (C=O) groups is 3. The minimum atomic E-state index is -1.45. The molecule has 1 saturated heterocycles. The molecule has 8 nitrogen and oxygen atoms in total. The maximum absolute atomic E-state index is 13.7. The molecule has 4 amide bonds.